The normalized spacial score (nSPS) is 12.9. The number of nitrogens with zero attached hydrogens (tertiary/aromatic N) is 4. The average Bonchev–Trinajstić information content (AvgIpc) is 3.15. The molecule has 0 bridgehead atoms. The maximum absolute atomic E-state index is 12.4. The summed E-state index contributed by atoms with van der Waals surface area (Å²) in [5, 5.41) is 13.3. The van der Waals surface area contributed by atoms with Gasteiger partial charge in [-0.1, -0.05) is 5.16 Å². The molecule has 9 heteroatoms. The minimum absolute atomic E-state index is 0.199. The van der Waals surface area contributed by atoms with Crippen molar-refractivity contribution in [3.8, 4) is 0 Å². The van der Waals surface area contributed by atoms with Crippen molar-refractivity contribution in [1.29, 1.82) is 0 Å². The van der Waals surface area contributed by atoms with Crippen LogP contribution in [-0.2, 0) is 12.8 Å². The van der Waals surface area contributed by atoms with Crippen LogP contribution in [0.3, 0.4) is 0 Å². The first-order chi connectivity index (χ1) is 14.6. The van der Waals surface area contributed by atoms with Crippen LogP contribution in [0.5, 0.6) is 0 Å². The van der Waals surface area contributed by atoms with E-state index in [-0.39, 0.29) is 5.91 Å². The number of rotatable bonds is 7. The van der Waals surface area contributed by atoms with Crippen molar-refractivity contribution >= 4 is 23.4 Å². The van der Waals surface area contributed by atoms with Gasteiger partial charge in [-0.25, -0.2) is 15.0 Å². The molecular weight excluding hydrogens is 382 g/mol. The highest BCUT2D eigenvalue weighted by Gasteiger charge is 2.23. The summed E-state index contributed by atoms with van der Waals surface area (Å²) in [5.41, 5.74) is 2.49. The molecule has 0 aromatic carbocycles. The second-order valence-corrected chi connectivity index (χ2v) is 7.35. The van der Waals surface area contributed by atoms with E-state index in [1.165, 1.54) is 0 Å². The Bertz CT molecular complexity index is 1050. The number of amides is 1. The molecule has 156 valence electrons. The Balaban J connectivity index is 1.31. The molecule has 3 heterocycles. The number of pyridine rings is 1. The summed E-state index contributed by atoms with van der Waals surface area (Å²) in [5.74, 6) is 3.34. The molecule has 1 aliphatic carbocycles. The minimum atomic E-state index is -0.199. The summed E-state index contributed by atoms with van der Waals surface area (Å²) in [4.78, 5) is 25.5. The molecule has 3 aromatic heterocycles. The zero-order valence-corrected chi connectivity index (χ0v) is 17.2. The number of carbonyl (C=O) groups excluding carboxylic acids is 1. The summed E-state index contributed by atoms with van der Waals surface area (Å²) in [7, 11) is 0. The Morgan fingerprint density at radius 3 is 2.77 bits per heavy atom. The highest BCUT2D eigenvalue weighted by molar-refractivity contribution is 5.93. The molecule has 0 saturated carbocycles. The van der Waals surface area contributed by atoms with Gasteiger partial charge in [0.05, 0.1) is 0 Å². The quantitative estimate of drug-likeness (QED) is 0.512. The Hall–Kier alpha value is -3.49. The molecule has 30 heavy (non-hydrogen) atoms. The summed E-state index contributed by atoms with van der Waals surface area (Å²) in [6.45, 7) is 4.79. The van der Waals surface area contributed by atoms with Crippen molar-refractivity contribution < 1.29 is 9.32 Å². The number of fused-ring (bicyclic) bond motifs is 1. The fourth-order valence-corrected chi connectivity index (χ4v) is 3.47. The lowest BCUT2D eigenvalue weighted by atomic mass is 9.96. The van der Waals surface area contributed by atoms with Gasteiger partial charge in [0.15, 0.2) is 5.69 Å². The van der Waals surface area contributed by atoms with E-state index >= 15 is 0 Å². The van der Waals surface area contributed by atoms with Gasteiger partial charge in [-0.3, -0.25) is 4.79 Å². The van der Waals surface area contributed by atoms with Gasteiger partial charge < -0.3 is 20.5 Å². The van der Waals surface area contributed by atoms with E-state index in [9.17, 15) is 4.79 Å². The molecule has 0 spiro atoms. The third-order valence-electron chi connectivity index (χ3n) is 4.89. The fraction of sp³-hybridized carbons (Fsp3) is 0.381. The van der Waals surface area contributed by atoms with Crippen LogP contribution < -0.4 is 16.0 Å². The van der Waals surface area contributed by atoms with E-state index in [4.69, 9.17) is 4.52 Å². The molecule has 1 aliphatic rings. The highest BCUT2D eigenvalue weighted by atomic mass is 16.5. The van der Waals surface area contributed by atoms with E-state index < -0.39 is 0 Å². The van der Waals surface area contributed by atoms with Crippen molar-refractivity contribution in [2.24, 2.45) is 0 Å². The summed E-state index contributed by atoms with van der Waals surface area (Å²) in [6.07, 6.45) is 5.61. The number of carbonyl (C=O) groups is 1. The summed E-state index contributed by atoms with van der Waals surface area (Å²) in [6, 6.07) is 5.70. The van der Waals surface area contributed by atoms with Crippen molar-refractivity contribution in [1.82, 2.24) is 25.4 Å². The molecule has 0 unspecified atom stereocenters. The van der Waals surface area contributed by atoms with E-state index in [1.54, 1.807) is 6.20 Å². The van der Waals surface area contributed by atoms with Crippen LogP contribution in [0.2, 0.25) is 0 Å². The smallest absolute Gasteiger partial charge is 0.273 e. The van der Waals surface area contributed by atoms with E-state index in [0.29, 0.717) is 36.2 Å². The SMILES string of the molecule is Cc1ccnc(Nc2cc(NCCNC(=O)c3noc4c3CCCC4)nc(C)n2)c1. The van der Waals surface area contributed by atoms with Crippen molar-refractivity contribution in [3.05, 3.63) is 52.8 Å². The van der Waals surface area contributed by atoms with Crippen LogP contribution in [0.1, 0.15) is 46.0 Å². The maximum atomic E-state index is 12.4. The number of anilines is 3. The molecule has 3 aromatic rings. The third kappa shape index (κ3) is 4.73. The zero-order valence-electron chi connectivity index (χ0n) is 17.2. The van der Waals surface area contributed by atoms with Crippen LogP contribution in [0.15, 0.2) is 28.9 Å². The fourth-order valence-electron chi connectivity index (χ4n) is 3.47. The molecule has 1 amide bonds. The van der Waals surface area contributed by atoms with Crippen LogP contribution in [0.4, 0.5) is 17.5 Å². The number of aryl methyl sites for hydroxylation is 3. The molecule has 4 rings (SSSR count). The first-order valence-electron chi connectivity index (χ1n) is 10.1. The Morgan fingerprint density at radius 1 is 1.07 bits per heavy atom. The van der Waals surface area contributed by atoms with Crippen molar-refractivity contribution in [3.63, 3.8) is 0 Å². The van der Waals surface area contributed by atoms with Gasteiger partial charge in [0, 0.05) is 37.3 Å². The summed E-state index contributed by atoms with van der Waals surface area (Å²) < 4.78 is 5.31. The van der Waals surface area contributed by atoms with Gasteiger partial charge in [-0.05, 0) is 50.8 Å². The van der Waals surface area contributed by atoms with E-state index in [0.717, 1.165) is 48.4 Å². The lowest BCUT2D eigenvalue weighted by molar-refractivity contribution is 0.0945. The Morgan fingerprint density at radius 2 is 1.90 bits per heavy atom. The van der Waals surface area contributed by atoms with Crippen LogP contribution in [0, 0.1) is 13.8 Å². The van der Waals surface area contributed by atoms with E-state index in [1.807, 2.05) is 32.0 Å². The van der Waals surface area contributed by atoms with E-state index in [2.05, 4.69) is 36.1 Å². The molecule has 0 saturated heterocycles. The first kappa shape index (κ1) is 19.8. The predicted octanol–water partition coefficient (Wildman–Crippen LogP) is 2.94. The molecule has 9 nitrogen and oxygen atoms in total. The Kier molecular flexibility index (Phi) is 5.87. The molecule has 0 fully saturated rings. The molecular formula is C21H25N7O2. The molecule has 0 radical (unpaired) electrons. The second kappa shape index (κ2) is 8.89. The van der Waals surface area contributed by atoms with Gasteiger partial charge in [-0.2, -0.15) is 0 Å². The standard InChI is InChI=1S/C21H25N7O2/c1-13-7-8-22-17(11-13)27-19-12-18(25-14(2)26-19)23-9-10-24-21(29)20-15-5-3-4-6-16(15)30-28-20/h7-8,11-12H,3-6,9-10H2,1-2H3,(H,24,29)(H2,22,23,25,26,27). The number of aromatic nitrogens is 4. The van der Waals surface area contributed by atoms with Gasteiger partial charge in [0.25, 0.3) is 5.91 Å². The average molecular weight is 407 g/mol. The minimum Gasteiger partial charge on any atom is -0.368 e. The summed E-state index contributed by atoms with van der Waals surface area (Å²) >= 11 is 0. The monoisotopic (exact) mass is 407 g/mol. The van der Waals surface area contributed by atoms with Gasteiger partial charge in [0.2, 0.25) is 0 Å². The molecule has 3 N–H and O–H groups in total. The zero-order chi connectivity index (χ0) is 20.9. The number of hydrogen-bond donors (Lipinski definition) is 3. The second-order valence-electron chi connectivity index (χ2n) is 7.35. The topological polar surface area (TPSA) is 118 Å². The largest absolute Gasteiger partial charge is 0.368 e. The van der Waals surface area contributed by atoms with Gasteiger partial charge >= 0.3 is 0 Å². The lowest BCUT2D eigenvalue weighted by Gasteiger charge is -2.11. The van der Waals surface area contributed by atoms with Gasteiger partial charge in [-0.15, -0.1) is 0 Å². The van der Waals surface area contributed by atoms with Crippen LogP contribution >= 0.6 is 0 Å². The third-order valence-corrected chi connectivity index (χ3v) is 4.89. The molecule has 0 atom stereocenters. The highest BCUT2D eigenvalue weighted by Crippen LogP contribution is 2.24. The predicted molar refractivity (Wildman–Crippen MR) is 113 cm³/mol. The maximum Gasteiger partial charge on any atom is 0.273 e. The number of hydrogen-bond acceptors (Lipinski definition) is 8. The van der Waals surface area contributed by atoms with Gasteiger partial charge in [0.1, 0.15) is 29.0 Å². The van der Waals surface area contributed by atoms with Crippen molar-refractivity contribution in [2.75, 3.05) is 23.7 Å². The van der Waals surface area contributed by atoms with Crippen molar-refractivity contribution in [2.45, 2.75) is 39.5 Å². The van der Waals surface area contributed by atoms with Crippen LogP contribution in [0.25, 0.3) is 0 Å². The Labute approximate surface area is 174 Å². The van der Waals surface area contributed by atoms with Crippen LogP contribution in [-0.4, -0.2) is 39.1 Å². The molecule has 0 aliphatic heterocycles. The number of nitrogens with one attached hydrogen (secondary N) is 3. The lowest BCUT2D eigenvalue weighted by Crippen LogP contribution is -2.30. The first-order valence-corrected chi connectivity index (χ1v) is 10.1.